The molecule has 3 heteroatoms. The van der Waals surface area contributed by atoms with Crippen LogP contribution in [0.3, 0.4) is 0 Å². The molecule has 162 valence electrons. The molecule has 0 fully saturated rings. The second-order valence-corrected chi connectivity index (χ2v) is 14.9. The van der Waals surface area contributed by atoms with Crippen LogP contribution in [-0.2, 0) is 6.54 Å². The van der Waals surface area contributed by atoms with Crippen LogP contribution in [0.1, 0.15) is 29.7 Å². The van der Waals surface area contributed by atoms with E-state index in [-0.39, 0.29) is 6.04 Å². The molecule has 1 unspecified atom stereocenters. The molecule has 0 spiro atoms. The molecule has 1 aliphatic rings. The number of dihydropyridines is 1. The van der Waals surface area contributed by atoms with Gasteiger partial charge in [-0.2, -0.15) is 0 Å². The summed E-state index contributed by atoms with van der Waals surface area (Å²) in [6, 6.07) is 24.6. The van der Waals surface area contributed by atoms with Gasteiger partial charge in [0.15, 0.2) is 0 Å². The molecule has 2 heterocycles. The number of para-hydroxylation sites is 1. The fraction of sp³-hybridized carbons (Fsp3) is 0.241. The number of benzene rings is 3. The van der Waals surface area contributed by atoms with Gasteiger partial charge in [0.1, 0.15) is 0 Å². The van der Waals surface area contributed by atoms with E-state index in [9.17, 15) is 0 Å². The largest absolute Gasteiger partial charge is 0.381 e. The average molecular weight is 437 g/mol. The second kappa shape index (κ2) is 7.82. The number of aromatic nitrogens is 1. The molecule has 0 saturated carbocycles. The molecule has 2 nitrogen and oxygen atoms in total. The van der Waals surface area contributed by atoms with Crippen LogP contribution in [0.15, 0.2) is 84.2 Å². The fourth-order valence-corrected chi connectivity index (χ4v) is 6.67. The van der Waals surface area contributed by atoms with E-state index in [1.54, 1.807) is 0 Å². The van der Waals surface area contributed by atoms with E-state index in [4.69, 9.17) is 0 Å². The van der Waals surface area contributed by atoms with Crippen LogP contribution in [0.2, 0.25) is 19.6 Å². The monoisotopic (exact) mass is 436 g/mol. The number of rotatable bonds is 4. The normalized spacial score (nSPS) is 16.7. The second-order valence-electron chi connectivity index (χ2n) is 9.89. The van der Waals surface area contributed by atoms with Crippen LogP contribution < -0.4 is 5.32 Å². The van der Waals surface area contributed by atoms with Crippen molar-refractivity contribution in [3.8, 4) is 0 Å². The summed E-state index contributed by atoms with van der Waals surface area (Å²) in [5.41, 5.74) is 8.05. The number of hydrogen-bond acceptors (Lipinski definition) is 1. The highest BCUT2D eigenvalue weighted by Gasteiger charge is 2.28. The van der Waals surface area contributed by atoms with E-state index in [0.717, 1.165) is 6.54 Å². The maximum atomic E-state index is 3.76. The van der Waals surface area contributed by atoms with Crippen molar-refractivity contribution in [1.82, 2.24) is 9.88 Å². The molecule has 0 radical (unpaired) electrons. The standard InChI is InChI=1S/C29H32N2Si/c1-6-31-27-15-11-10-14-22(27)25-17-23(20(2)16-28(25)31)26-18-24(21-12-8-7-9-13-21)29(19-30-26)32(3,4)5/h7-19,26,30H,6H2,1-5H3. The lowest BCUT2D eigenvalue weighted by molar-refractivity contribution is 0.742. The summed E-state index contributed by atoms with van der Waals surface area (Å²) in [4.78, 5) is 0. The minimum atomic E-state index is -1.50. The Morgan fingerprint density at radius 2 is 1.59 bits per heavy atom. The summed E-state index contributed by atoms with van der Waals surface area (Å²) in [5.74, 6) is 0. The van der Waals surface area contributed by atoms with Gasteiger partial charge in [-0.3, -0.25) is 0 Å². The van der Waals surface area contributed by atoms with Gasteiger partial charge >= 0.3 is 0 Å². The van der Waals surface area contributed by atoms with Crippen molar-refractivity contribution < 1.29 is 0 Å². The third-order valence-corrected chi connectivity index (χ3v) is 8.76. The molecular formula is C29H32N2Si. The Hall–Kier alpha value is -3.04. The maximum absolute atomic E-state index is 3.76. The fourth-order valence-electron chi connectivity index (χ4n) is 5.12. The van der Waals surface area contributed by atoms with Gasteiger partial charge < -0.3 is 9.88 Å². The Morgan fingerprint density at radius 1 is 0.875 bits per heavy atom. The number of fused-ring (bicyclic) bond motifs is 3. The molecule has 1 N–H and O–H groups in total. The van der Waals surface area contributed by atoms with Crippen molar-refractivity contribution >= 4 is 35.5 Å². The third-order valence-electron chi connectivity index (χ3n) is 6.73. The van der Waals surface area contributed by atoms with Gasteiger partial charge in [0, 0.05) is 28.4 Å². The average Bonchev–Trinajstić information content (AvgIpc) is 3.10. The lowest BCUT2D eigenvalue weighted by Gasteiger charge is -2.31. The summed E-state index contributed by atoms with van der Waals surface area (Å²) in [7, 11) is -1.50. The van der Waals surface area contributed by atoms with Gasteiger partial charge in [-0.1, -0.05) is 74.2 Å². The van der Waals surface area contributed by atoms with Crippen molar-refractivity contribution in [2.24, 2.45) is 0 Å². The number of nitrogens with zero attached hydrogens (tertiary/aromatic N) is 1. The molecule has 0 saturated heterocycles. The first-order valence-corrected chi connectivity index (χ1v) is 15.1. The summed E-state index contributed by atoms with van der Waals surface area (Å²) < 4.78 is 2.43. The molecule has 3 aromatic carbocycles. The van der Waals surface area contributed by atoms with Crippen LogP contribution in [-0.4, -0.2) is 12.6 Å². The summed E-state index contributed by atoms with van der Waals surface area (Å²) in [6.45, 7) is 12.7. The third kappa shape index (κ3) is 3.41. The highest BCUT2D eigenvalue weighted by molar-refractivity contribution is 6.85. The van der Waals surface area contributed by atoms with E-state index in [0.29, 0.717) is 0 Å². The Kier molecular flexibility index (Phi) is 5.09. The van der Waals surface area contributed by atoms with Gasteiger partial charge in [0.25, 0.3) is 0 Å². The molecule has 4 aromatic rings. The zero-order valence-corrected chi connectivity index (χ0v) is 20.7. The number of aryl methyl sites for hydroxylation is 2. The number of hydrogen-bond donors (Lipinski definition) is 1. The van der Waals surface area contributed by atoms with Gasteiger partial charge in [-0.25, -0.2) is 0 Å². The quantitative estimate of drug-likeness (QED) is 0.326. The van der Waals surface area contributed by atoms with Gasteiger partial charge in [0.05, 0.1) is 14.1 Å². The van der Waals surface area contributed by atoms with Gasteiger partial charge in [-0.05, 0) is 65.7 Å². The van der Waals surface area contributed by atoms with E-state index in [2.05, 4.69) is 122 Å². The van der Waals surface area contributed by atoms with Crippen molar-refractivity contribution in [2.75, 3.05) is 0 Å². The van der Waals surface area contributed by atoms with Crippen molar-refractivity contribution in [2.45, 2.75) is 46.1 Å². The molecule has 1 aromatic heterocycles. The van der Waals surface area contributed by atoms with Crippen LogP contribution in [0, 0.1) is 6.92 Å². The van der Waals surface area contributed by atoms with Crippen molar-refractivity contribution in [3.63, 3.8) is 0 Å². The Morgan fingerprint density at radius 3 is 2.31 bits per heavy atom. The first-order valence-electron chi connectivity index (χ1n) is 11.6. The summed E-state index contributed by atoms with van der Waals surface area (Å²) >= 11 is 0. The van der Waals surface area contributed by atoms with E-state index in [1.807, 2.05) is 0 Å². The lowest BCUT2D eigenvalue weighted by Crippen LogP contribution is -2.31. The van der Waals surface area contributed by atoms with Gasteiger partial charge in [-0.15, -0.1) is 0 Å². The molecule has 5 rings (SSSR count). The topological polar surface area (TPSA) is 17.0 Å². The lowest BCUT2D eigenvalue weighted by atomic mass is 9.93. The first-order chi connectivity index (χ1) is 15.4. The van der Waals surface area contributed by atoms with E-state index in [1.165, 1.54) is 49.3 Å². The Bertz CT molecular complexity index is 1370. The van der Waals surface area contributed by atoms with Crippen LogP contribution in [0.4, 0.5) is 0 Å². The molecule has 32 heavy (non-hydrogen) atoms. The maximum Gasteiger partial charge on any atom is 0.0802 e. The van der Waals surface area contributed by atoms with E-state index >= 15 is 0 Å². The van der Waals surface area contributed by atoms with Crippen molar-refractivity contribution in [1.29, 1.82) is 0 Å². The molecular weight excluding hydrogens is 404 g/mol. The number of nitrogens with one attached hydrogen (secondary N) is 1. The highest BCUT2D eigenvalue weighted by Crippen LogP contribution is 2.38. The van der Waals surface area contributed by atoms with E-state index < -0.39 is 8.07 Å². The van der Waals surface area contributed by atoms with Crippen molar-refractivity contribution in [3.05, 3.63) is 101 Å². The van der Waals surface area contributed by atoms with Crippen LogP contribution in [0.5, 0.6) is 0 Å². The molecule has 0 bridgehead atoms. The molecule has 1 atom stereocenters. The highest BCUT2D eigenvalue weighted by atomic mass is 28.3. The summed E-state index contributed by atoms with van der Waals surface area (Å²) in [5, 5.41) is 7.93. The zero-order chi connectivity index (χ0) is 22.5. The summed E-state index contributed by atoms with van der Waals surface area (Å²) in [6.07, 6.45) is 4.76. The Balaban J connectivity index is 1.68. The number of allylic oxidation sites excluding steroid dienone is 2. The zero-order valence-electron chi connectivity index (χ0n) is 19.7. The molecule has 1 aliphatic heterocycles. The first kappa shape index (κ1) is 20.8. The minimum absolute atomic E-state index is 0.165. The van der Waals surface area contributed by atoms with Gasteiger partial charge in [0.2, 0.25) is 0 Å². The SMILES string of the molecule is CCn1c2ccccc2c2cc(C3C=C(c4ccccc4)C([Si](C)(C)C)=CN3)c(C)cc21. The molecule has 0 aliphatic carbocycles. The molecule has 0 amide bonds. The predicted molar refractivity (Wildman–Crippen MR) is 142 cm³/mol. The van der Waals surface area contributed by atoms with Crippen LogP contribution >= 0.6 is 0 Å². The van der Waals surface area contributed by atoms with Crippen LogP contribution in [0.25, 0.3) is 27.4 Å². The predicted octanol–water partition coefficient (Wildman–Crippen LogP) is 7.61. The minimum Gasteiger partial charge on any atom is -0.381 e. The Labute approximate surface area is 192 Å². The smallest absolute Gasteiger partial charge is 0.0802 e.